The van der Waals surface area contributed by atoms with Crippen molar-refractivity contribution in [1.82, 2.24) is 9.29 Å². The molecule has 2 unspecified atom stereocenters. The number of para-hydroxylation sites is 1. The van der Waals surface area contributed by atoms with Crippen molar-refractivity contribution in [1.29, 1.82) is 0 Å². The second-order valence-corrected chi connectivity index (χ2v) is 12.5. The van der Waals surface area contributed by atoms with E-state index in [2.05, 4.69) is 0 Å². The van der Waals surface area contributed by atoms with Crippen LogP contribution in [-0.2, 0) is 19.5 Å². The summed E-state index contributed by atoms with van der Waals surface area (Å²) < 4.78 is 39.9. The van der Waals surface area contributed by atoms with Gasteiger partial charge in [-0.05, 0) is 68.5 Å². The summed E-state index contributed by atoms with van der Waals surface area (Å²) in [6.45, 7) is 4.09. The van der Waals surface area contributed by atoms with E-state index < -0.39 is 10.0 Å². The number of anilines is 1. The number of ether oxygens (including phenoxy) is 2. The van der Waals surface area contributed by atoms with Crippen molar-refractivity contribution in [3.63, 3.8) is 0 Å². The highest BCUT2D eigenvalue weighted by molar-refractivity contribution is 7.89. The molecule has 0 saturated carbocycles. The number of amides is 1. The van der Waals surface area contributed by atoms with E-state index >= 15 is 0 Å². The van der Waals surface area contributed by atoms with Gasteiger partial charge in [0.05, 0.1) is 33.9 Å². The molecule has 10 heteroatoms. The largest absolute Gasteiger partial charge is 0.377 e. The fraction of sp³-hybridized carbons (Fsp3) is 0.462. The minimum Gasteiger partial charge on any atom is -0.377 e. The van der Waals surface area contributed by atoms with Gasteiger partial charge in [-0.25, -0.2) is 13.4 Å². The lowest BCUT2D eigenvalue weighted by Gasteiger charge is -2.23. The van der Waals surface area contributed by atoms with Crippen LogP contribution >= 0.6 is 11.3 Å². The van der Waals surface area contributed by atoms with E-state index in [4.69, 9.17) is 14.5 Å². The van der Waals surface area contributed by atoms with Gasteiger partial charge in [0.15, 0.2) is 5.13 Å². The first-order valence-corrected chi connectivity index (χ1v) is 14.6. The summed E-state index contributed by atoms with van der Waals surface area (Å²) in [5.74, 6) is -0.223. The molecule has 8 nitrogen and oxygen atoms in total. The first-order valence-electron chi connectivity index (χ1n) is 12.3. The monoisotopic (exact) mass is 529 g/mol. The number of carbonyl (C=O) groups is 1. The zero-order valence-electron chi connectivity index (χ0n) is 20.6. The first kappa shape index (κ1) is 25.3. The molecule has 3 aromatic rings. The average molecular weight is 530 g/mol. The molecule has 5 rings (SSSR count). The molecule has 0 aliphatic carbocycles. The molecule has 2 aliphatic heterocycles. The van der Waals surface area contributed by atoms with Gasteiger partial charge in [-0.1, -0.05) is 23.5 Å². The van der Waals surface area contributed by atoms with Gasteiger partial charge >= 0.3 is 0 Å². The highest BCUT2D eigenvalue weighted by atomic mass is 32.2. The molecule has 2 aromatic carbocycles. The van der Waals surface area contributed by atoms with Crippen LogP contribution in [0.1, 0.15) is 41.6 Å². The van der Waals surface area contributed by atoms with Gasteiger partial charge in [-0.3, -0.25) is 9.69 Å². The predicted molar refractivity (Wildman–Crippen MR) is 140 cm³/mol. The zero-order chi connectivity index (χ0) is 25.3. The van der Waals surface area contributed by atoms with Gasteiger partial charge in [0.25, 0.3) is 5.91 Å². The Hall–Kier alpha value is -2.37. The predicted octanol–water partition coefficient (Wildman–Crippen LogP) is 4.23. The number of fused-ring (bicyclic) bond motifs is 1. The lowest BCUT2D eigenvalue weighted by Crippen LogP contribution is -2.37. The number of hydrogen-bond acceptors (Lipinski definition) is 7. The Morgan fingerprint density at radius 1 is 1.03 bits per heavy atom. The number of aromatic nitrogens is 1. The zero-order valence-corrected chi connectivity index (χ0v) is 22.2. The van der Waals surface area contributed by atoms with Crippen molar-refractivity contribution in [2.45, 2.75) is 49.7 Å². The minimum absolute atomic E-state index is 0.0480. The molecule has 1 amide bonds. The van der Waals surface area contributed by atoms with Crippen molar-refractivity contribution in [2.75, 3.05) is 38.3 Å². The van der Waals surface area contributed by atoms with E-state index in [1.54, 1.807) is 24.1 Å². The van der Waals surface area contributed by atoms with Crippen LogP contribution in [0.4, 0.5) is 5.13 Å². The topological polar surface area (TPSA) is 89.0 Å². The standard InChI is InChI=1S/C26H31N3O5S2/c1-18-6-3-9-23-24(18)27-26(35-23)29(17-21-8-5-15-34-21)25(30)19-10-12-22(13-11-19)36(31,32)28(2)16-20-7-4-14-33-20/h3,6,9-13,20-21H,4-5,7-8,14-17H2,1-2H3. The second kappa shape index (κ2) is 10.5. The third-order valence-corrected chi connectivity index (χ3v) is 9.67. The van der Waals surface area contributed by atoms with Crippen LogP contribution in [-0.4, -0.2) is 69.2 Å². The minimum atomic E-state index is -3.68. The molecule has 0 radical (unpaired) electrons. The van der Waals surface area contributed by atoms with Crippen molar-refractivity contribution < 1.29 is 22.7 Å². The lowest BCUT2D eigenvalue weighted by molar-refractivity contribution is 0.0917. The smallest absolute Gasteiger partial charge is 0.260 e. The van der Waals surface area contributed by atoms with Gasteiger partial charge < -0.3 is 9.47 Å². The quantitative estimate of drug-likeness (QED) is 0.434. The number of nitrogens with zero attached hydrogens (tertiary/aromatic N) is 3. The number of thiazole rings is 1. The van der Waals surface area contributed by atoms with Crippen molar-refractivity contribution in [2.24, 2.45) is 0 Å². The fourth-order valence-corrected chi connectivity index (χ4v) is 6.96. The van der Waals surface area contributed by atoms with Crippen LogP contribution in [0.15, 0.2) is 47.4 Å². The molecule has 0 bridgehead atoms. The van der Waals surface area contributed by atoms with Crippen LogP contribution < -0.4 is 4.90 Å². The van der Waals surface area contributed by atoms with Crippen LogP contribution in [0.25, 0.3) is 10.2 Å². The third-order valence-electron chi connectivity index (χ3n) is 6.79. The average Bonchev–Trinajstić information content (AvgIpc) is 3.64. The molecule has 2 aliphatic rings. The van der Waals surface area contributed by atoms with Gasteiger partial charge in [-0.15, -0.1) is 0 Å². The molecule has 192 valence electrons. The van der Waals surface area contributed by atoms with Crippen LogP contribution in [0.2, 0.25) is 0 Å². The maximum Gasteiger partial charge on any atom is 0.260 e. The summed E-state index contributed by atoms with van der Waals surface area (Å²) in [4.78, 5) is 20.3. The highest BCUT2D eigenvalue weighted by Crippen LogP contribution is 2.32. The lowest BCUT2D eigenvalue weighted by atomic mass is 10.2. The van der Waals surface area contributed by atoms with E-state index in [0.717, 1.165) is 41.5 Å². The SMILES string of the molecule is Cc1cccc2sc(N(CC3CCCO3)C(=O)c3ccc(S(=O)(=O)N(C)CC4CCCO4)cc3)nc12. The molecule has 1 aromatic heterocycles. The Balaban J connectivity index is 1.39. The molecular weight excluding hydrogens is 498 g/mol. The Morgan fingerprint density at radius 2 is 1.69 bits per heavy atom. The van der Waals surface area contributed by atoms with E-state index in [1.807, 2.05) is 25.1 Å². The Morgan fingerprint density at radius 3 is 2.31 bits per heavy atom. The van der Waals surface area contributed by atoms with E-state index in [9.17, 15) is 13.2 Å². The number of aryl methyl sites for hydroxylation is 1. The second-order valence-electron chi connectivity index (χ2n) is 9.41. The summed E-state index contributed by atoms with van der Waals surface area (Å²) in [5, 5.41) is 0.618. The number of carbonyl (C=O) groups excluding carboxylic acids is 1. The Labute approximate surface area is 215 Å². The molecule has 2 fully saturated rings. The van der Waals surface area contributed by atoms with E-state index in [0.29, 0.717) is 37.0 Å². The molecule has 0 N–H and O–H groups in total. The molecule has 0 spiro atoms. The molecule has 2 saturated heterocycles. The molecule has 2 atom stereocenters. The number of benzene rings is 2. The summed E-state index contributed by atoms with van der Waals surface area (Å²) in [5.41, 5.74) is 2.35. The van der Waals surface area contributed by atoms with Crippen LogP contribution in [0.5, 0.6) is 0 Å². The number of sulfonamides is 1. The summed E-state index contributed by atoms with van der Waals surface area (Å²) in [6.07, 6.45) is 3.55. The van der Waals surface area contributed by atoms with Crippen molar-refractivity contribution in [3.8, 4) is 0 Å². The van der Waals surface area contributed by atoms with Gasteiger partial charge in [0.1, 0.15) is 0 Å². The summed E-state index contributed by atoms with van der Waals surface area (Å²) >= 11 is 1.48. The normalized spacial score (nSPS) is 20.4. The molecule has 36 heavy (non-hydrogen) atoms. The maximum absolute atomic E-state index is 13.7. The highest BCUT2D eigenvalue weighted by Gasteiger charge is 2.29. The van der Waals surface area contributed by atoms with Gasteiger partial charge in [0, 0.05) is 32.4 Å². The molecule has 3 heterocycles. The number of hydrogen-bond donors (Lipinski definition) is 0. The number of rotatable bonds is 8. The maximum atomic E-state index is 13.7. The van der Waals surface area contributed by atoms with E-state index in [1.165, 1.54) is 27.8 Å². The van der Waals surface area contributed by atoms with Crippen LogP contribution in [0, 0.1) is 6.92 Å². The Kier molecular flexibility index (Phi) is 7.41. The van der Waals surface area contributed by atoms with Crippen molar-refractivity contribution in [3.05, 3.63) is 53.6 Å². The van der Waals surface area contributed by atoms with E-state index in [-0.39, 0.29) is 23.0 Å². The third kappa shape index (κ3) is 5.19. The fourth-order valence-electron chi connectivity index (χ4n) is 4.71. The van der Waals surface area contributed by atoms with Crippen LogP contribution in [0.3, 0.4) is 0 Å². The van der Waals surface area contributed by atoms with Gasteiger partial charge in [-0.2, -0.15) is 4.31 Å². The summed E-state index contributed by atoms with van der Waals surface area (Å²) in [7, 11) is -2.12. The van der Waals surface area contributed by atoms with Crippen molar-refractivity contribution >= 4 is 42.6 Å². The first-order chi connectivity index (χ1) is 17.3. The number of likely N-dealkylation sites (N-methyl/N-ethyl adjacent to an activating group) is 1. The molecular formula is C26H31N3O5S2. The Bertz CT molecular complexity index is 1330. The van der Waals surface area contributed by atoms with Gasteiger partial charge in [0.2, 0.25) is 10.0 Å². The summed E-state index contributed by atoms with van der Waals surface area (Å²) in [6, 6.07) is 12.2.